The molecule has 1 aliphatic rings. The van der Waals surface area contributed by atoms with Crippen molar-refractivity contribution < 1.29 is 0 Å². The molecule has 3 atom stereocenters. The predicted molar refractivity (Wildman–Crippen MR) is 53.0 cm³/mol. The molecule has 0 radical (unpaired) electrons. The molecule has 2 nitrogen and oxygen atoms in total. The van der Waals surface area contributed by atoms with E-state index in [1.165, 1.54) is 19.3 Å². The van der Waals surface area contributed by atoms with Crippen molar-refractivity contribution in [2.75, 3.05) is 13.1 Å². The summed E-state index contributed by atoms with van der Waals surface area (Å²) in [6, 6.07) is 0.727. The van der Waals surface area contributed by atoms with Crippen LogP contribution in [0.4, 0.5) is 0 Å². The summed E-state index contributed by atoms with van der Waals surface area (Å²) in [7, 11) is 0. The molecular formula is C10H22N2. The van der Waals surface area contributed by atoms with Crippen molar-refractivity contribution in [3.05, 3.63) is 0 Å². The molecule has 0 bridgehead atoms. The summed E-state index contributed by atoms with van der Waals surface area (Å²) in [6.45, 7) is 6.45. The molecule has 0 heterocycles. The van der Waals surface area contributed by atoms with Gasteiger partial charge in [-0.25, -0.2) is 0 Å². The van der Waals surface area contributed by atoms with E-state index in [1.807, 2.05) is 0 Å². The SMILES string of the molecule is CC1CCC(NCCN)C(C)C1. The summed E-state index contributed by atoms with van der Waals surface area (Å²) in [4.78, 5) is 0. The number of hydrogen-bond donors (Lipinski definition) is 2. The highest BCUT2D eigenvalue weighted by Gasteiger charge is 2.24. The van der Waals surface area contributed by atoms with Crippen LogP contribution in [0, 0.1) is 11.8 Å². The number of hydrogen-bond acceptors (Lipinski definition) is 2. The fourth-order valence-electron chi connectivity index (χ4n) is 2.24. The van der Waals surface area contributed by atoms with Gasteiger partial charge in [-0.3, -0.25) is 0 Å². The van der Waals surface area contributed by atoms with Gasteiger partial charge in [-0.2, -0.15) is 0 Å². The molecule has 1 fully saturated rings. The molecule has 0 amide bonds. The molecular weight excluding hydrogens is 148 g/mol. The number of nitrogens with one attached hydrogen (secondary N) is 1. The minimum absolute atomic E-state index is 0.727. The predicted octanol–water partition coefficient (Wildman–Crippen LogP) is 1.36. The van der Waals surface area contributed by atoms with Crippen molar-refractivity contribution in [1.82, 2.24) is 5.32 Å². The zero-order valence-corrected chi connectivity index (χ0v) is 8.34. The summed E-state index contributed by atoms with van der Waals surface area (Å²) in [5.74, 6) is 1.76. The Labute approximate surface area is 75.9 Å². The third-order valence-electron chi connectivity index (χ3n) is 2.98. The molecule has 0 aliphatic heterocycles. The Balaban J connectivity index is 2.25. The lowest BCUT2D eigenvalue weighted by Crippen LogP contribution is -2.41. The Morgan fingerprint density at radius 3 is 2.67 bits per heavy atom. The first-order valence-corrected chi connectivity index (χ1v) is 5.17. The third-order valence-corrected chi connectivity index (χ3v) is 2.98. The smallest absolute Gasteiger partial charge is 0.00934 e. The maximum absolute atomic E-state index is 5.46. The molecule has 12 heavy (non-hydrogen) atoms. The van der Waals surface area contributed by atoms with Gasteiger partial charge in [0.25, 0.3) is 0 Å². The van der Waals surface area contributed by atoms with E-state index in [4.69, 9.17) is 5.73 Å². The van der Waals surface area contributed by atoms with Crippen molar-refractivity contribution in [2.24, 2.45) is 17.6 Å². The van der Waals surface area contributed by atoms with Gasteiger partial charge >= 0.3 is 0 Å². The second-order valence-electron chi connectivity index (χ2n) is 4.24. The maximum Gasteiger partial charge on any atom is 0.00934 e. The van der Waals surface area contributed by atoms with E-state index < -0.39 is 0 Å². The van der Waals surface area contributed by atoms with Crippen molar-refractivity contribution >= 4 is 0 Å². The van der Waals surface area contributed by atoms with E-state index in [9.17, 15) is 0 Å². The first-order chi connectivity index (χ1) is 5.74. The van der Waals surface area contributed by atoms with E-state index in [-0.39, 0.29) is 0 Å². The van der Waals surface area contributed by atoms with E-state index in [2.05, 4.69) is 19.2 Å². The molecule has 0 spiro atoms. The summed E-state index contributed by atoms with van der Waals surface area (Å²) in [5, 5.41) is 3.52. The minimum Gasteiger partial charge on any atom is -0.329 e. The Kier molecular flexibility index (Phi) is 4.02. The normalized spacial score (nSPS) is 36.8. The Hall–Kier alpha value is -0.0800. The Morgan fingerprint density at radius 1 is 1.33 bits per heavy atom. The van der Waals surface area contributed by atoms with Crippen LogP contribution in [0.25, 0.3) is 0 Å². The molecule has 3 N–H and O–H groups in total. The second kappa shape index (κ2) is 4.83. The highest BCUT2D eigenvalue weighted by Crippen LogP contribution is 2.28. The van der Waals surface area contributed by atoms with Gasteiger partial charge in [-0.05, 0) is 31.1 Å². The van der Waals surface area contributed by atoms with Crippen LogP contribution in [-0.4, -0.2) is 19.1 Å². The molecule has 1 aliphatic carbocycles. The fraction of sp³-hybridized carbons (Fsp3) is 1.00. The van der Waals surface area contributed by atoms with Crippen molar-refractivity contribution in [3.63, 3.8) is 0 Å². The van der Waals surface area contributed by atoms with Crippen LogP contribution in [0.1, 0.15) is 33.1 Å². The number of rotatable bonds is 3. The Bertz CT molecular complexity index is 123. The molecule has 1 saturated carbocycles. The molecule has 0 saturated heterocycles. The monoisotopic (exact) mass is 170 g/mol. The van der Waals surface area contributed by atoms with E-state index in [0.29, 0.717) is 0 Å². The van der Waals surface area contributed by atoms with Crippen molar-refractivity contribution in [3.8, 4) is 0 Å². The summed E-state index contributed by atoms with van der Waals surface area (Å²) >= 11 is 0. The summed E-state index contributed by atoms with van der Waals surface area (Å²) in [6.07, 6.45) is 4.09. The summed E-state index contributed by atoms with van der Waals surface area (Å²) < 4.78 is 0. The molecule has 1 rings (SSSR count). The molecule has 72 valence electrons. The van der Waals surface area contributed by atoms with Gasteiger partial charge in [0.2, 0.25) is 0 Å². The first-order valence-electron chi connectivity index (χ1n) is 5.17. The maximum atomic E-state index is 5.46. The number of nitrogens with two attached hydrogens (primary N) is 1. The van der Waals surface area contributed by atoms with Gasteiger partial charge in [0.1, 0.15) is 0 Å². The van der Waals surface area contributed by atoms with E-state index >= 15 is 0 Å². The standard InChI is InChI=1S/C10H22N2/c1-8-3-4-10(9(2)7-8)12-6-5-11/h8-10,12H,3-7,11H2,1-2H3. The first kappa shape index (κ1) is 10.0. The lowest BCUT2D eigenvalue weighted by molar-refractivity contribution is 0.230. The van der Waals surface area contributed by atoms with Crippen LogP contribution in [-0.2, 0) is 0 Å². The van der Waals surface area contributed by atoms with Crippen LogP contribution in [0.3, 0.4) is 0 Å². The fourth-order valence-corrected chi connectivity index (χ4v) is 2.24. The lowest BCUT2D eigenvalue weighted by atomic mass is 9.80. The minimum atomic E-state index is 0.727. The zero-order valence-electron chi connectivity index (χ0n) is 8.34. The van der Waals surface area contributed by atoms with E-state index in [0.717, 1.165) is 31.0 Å². The summed E-state index contributed by atoms with van der Waals surface area (Å²) in [5.41, 5.74) is 5.46. The van der Waals surface area contributed by atoms with Crippen LogP contribution < -0.4 is 11.1 Å². The quantitative estimate of drug-likeness (QED) is 0.671. The highest BCUT2D eigenvalue weighted by molar-refractivity contribution is 4.80. The van der Waals surface area contributed by atoms with Crippen molar-refractivity contribution in [1.29, 1.82) is 0 Å². The van der Waals surface area contributed by atoms with Crippen LogP contribution in [0.5, 0.6) is 0 Å². The molecule has 0 aromatic rings. The van der Waals surface area contributed by atoms with Gasteiger partial charge < -0.3 is 11.1 Å². The van der Waals surface area contributed by atoms with E-state index in [1.54, 1.807) is 0 Å². The van der Waals surface area contributed by atoms with Gasteiger partial charge in [0.15, 0.2) is 0 Å². The average molecular weight is 170 g/mol. The van der Waals surface area contributed by atoms with Gasteiger partial charge in [-0.1, -0.05) is 13.8 Å². The molecule has 0 aromatic heterocycles. The molecule has 3 unspecified atom stereocenters. The third kappa shape index (κ3) is 2.76. The molecule has 2 heteroatoms. The van der Waals surface area contributed by atoms with Crippen molar-refractivity contribution in [2.45, 2.75) is 39.2 Å². The van der Waals surface area contributed by atoms with Crippen LogP contribution >= 0.6 is 0 Å². The zero-order chi connectivity index (χ0) is 8.97. The van der Waals surface area contributed by atoms with Gasteiger partial charge in [0, 0.05) is 19.1 Å². The average Bonchev–Trinajstić information content (AvgIpc) is 2.03. The lowest BCUT2D eigenvalue weighted by Gasteiger charge is -2.33. The second-order valence-corrected chi connectivity index (χ2v) is 4.24. The van der Waals surface area contributed by atoms with Gasteiger partial charge in [-0.15, -0.1) is 0 Å². The topological polar surface area (TPSA) is 38.0 Å². The van der Waals surface area contributed by atoms with Gasteiger partial charge in [0.05, 0.1) is 0 Å². The largest absolute Gasteiger partial charge is 0.329 e. The Morgan fingerprint density at radius 2 is 2.08 bits per heavy atom. The molecule has 0 aromatic carbocycles. The highest BCUT2D eigenvalue weighted by atomic mass is 14.9. The van der Waals surface area contributed by atoms with Crippen LogP contribution in [0.15, 0.2) is 0 Å². The van der Waals surface area contributed by atoms with Crippen LogP contribution in [0.2, 0.25) is 0 Å².